The molecule has 2 heterocycles. The summed E-state index contributed by atoms with van der Waals surface area (Å²) < 4.78 is 0. The van der Waals surface area contributed by atoms with Gasteiger partial charge in [0.15, 0.2) is 0 Å². The van der Waals surface area contributed by atoms with Gasteiger partial charge in [-0.15, -0.1) is 0 Å². The largest absolute Gasteiger partial charge is 0.335 e. The fourth-order valence-corrected chi connectivity index (χ4v) is 9.68. The predicted octanol–water partition coefficient (Wildman–Crippen LogP) is 14.4. The van der Waals surface area contributed by atoms with Crippen molar-refractivity contribution < 1.29 is 0 Å². The van der Waals surface area contributed by atoms with Gasteiger partial charge in [-0.1, -0.05) is 136 Å². The molecule has 0 bridgehead atoms. The van der Waals surface area contributed by atoms with Crippen molar-refractivity contribution in [1.82, 2.24) is 0 Å². The van der Waals surface area contributed by atoms with Gasteiger partial charge >= 0.3 is 0 Å². The van der Waals surface area contributed by atoms with E-state index in [9.17, 15) is 0 Å². The summed E-state index contributed by atoms with van der Waals surface area (Å²) in [6.45, 7) is 23.5. The molecule has 0 spiro atoms. The lowest BCUT2D eigenvalue weighted by Gasteiger charge is -2.43. The van der Waals surface area contributed by atoms with E-state index >= 15 is 0 Å². The van der Waals surface area contributed by atoms with Gasteiger partial charge in [0.05, 0.1) is 0 Å². The molecule has 7 aromatic rings. The predicted molar refractivity (Wildman–Crippen MR) is 233 cm³/mol. The van der Waals surface area contributed by atoms with Crippen molar-refractivity contribution in [3.63, 3.8) is 0 Å². The first-order chi connectivity index (χ1) is 25.6. The molecule has 0 amide bonds. The maximum Gasteiger partial charge on any atom is 0.0487 e. The molecule has 0 aliphatic carbocycles. The number of aryl methyl sites for hydroxylation is 2. The molecule has 2 nitrogen and oxygen atoms in total. The summed E-state index contributed by atoms with van der Waals surface area (Å²) >= 11 is 0. The summed E-state index contributed by atoms with van der Waals surface area (Å²) in [6, 6.07) is 50.8. The molecule has 2 aliphatic heterocycles. The summed E-state index contributed by atoms with van der Waals surface area (Å²) in [5, 5.41) is 5.10. The van der Waals surface area contributed by atoms with Gasteiger partial charge in [0.1, 0.15) is 0 Å². The third-order valence-corrected chi connectivity index (χ3v) is 14.1. The molecule has 0 atom stereocenters. The number of para-hydroxylation sites is 2. The van der Waals surface area contributed by atoms with Crippen LogP contribution >= 0.6 is 0 Å². The van der Waals surface area contributed by atoms with Crippen molar-refractivity contribution in [3.05, 3.63) is 156 Å². The monoisotopic (exact) mass is 704 g/mol. The van der Waals surface area contributed by atoms with Crippen molar-refractivity contribution in [2.45, 2.75) is 91.1 Å². The summed E-state index contributed by atoms with van der Waals surface area (Å²) in [7, 11) is 0. The first kappa shape index (κ1) is 34.4. The van der Waals surface area contributed by atoms with Crippen LogP contribution in [0.3, 0.4) is 0 Å². The van der Waals surface area contributed by atoms with E-state index in [1.807, 2.05) is 0 Å². The highest BCUT2D eigenvalue weighted by atomic mass is 15.2. The highest BCUT2D eigenvalue weighted by Crippen LogP contribution is 2.57. The molecule has 2 aliphatic rings. The first-order valence-corrected chi connectivity index (χ1v) is 19.6. The Morgan fingerprint density at radius 3 is 1.09 bits per heavy atom. The lowest BCUT2D eigenvalue weighted by molar-refractivity contribution is 0.330. The van der Waals surface area contributed by atoms with Gasteiger partial charge in [0, 0.05) is 44.7 Å². The van der Waals surface area contributed by atoms with Gasteiger partial charge in [0.2, 0.25) is 0 Å². The Bertz CT molecular complexity index is 2430. The van der Waals surface area contributed by atoms with E-state index in [1.165, 1.54) is 88.8 Å². The zero-order valence-corrected chi connectivity index (χ0v) is 33.6. The quantitative estimate of drug-likeness (QED) is 0.168. The van der Waals surface area contributed by atoms with Crippen LogP contribution in [0.15, 0.2) is 133 Å². The van der Waals surface area contributed by atoms with Crippen LogP contribution in [-0.4, -0.2) is 11.1 Å². The normalized spacial score (nSPS) is 17.6. The SMILES string of the molecule is Cc1ccc(-c2c3ccc(N4c5ccccc5C(C)(C)C4(C)C)cc3c(-c3ccc(C)cc3)c3ccc(N4c5ccccc5C(C)(C)C4(C)C)cc23)cc1. The molecule has 0 unspecified atom stereocenters. The standard InChI is InChI=1S/C52H52N2/c1-33-19-23-35(24-20-33)47-39-29-27-38(54-46-18-14-12-16-44(46)50(5,6)52(54,9)10)32-42(39)48(36-25-21-34(2)22-26-36)40-30-28-37(31-41(40)47)53-45-17-13-11-15-43(45)49(3,4)51(53,7)8/h11-32H,1-10H3. The van der Waals surface area contributed by atoms with Crippen molar-refractivity contribution in [3.8, 4) is 22.3 Å². The Morgan fingerprint density at radius 2 is 0.722 bits per heavy atom. The van der Waals surface area contributed by atoms with Crippen LogP contribution in [0.5, 0.6) is 0 Å². The Morgan fingerprint density at radius 1 is 0.370 bits per heavy atom. The van der Waals surface area contributed by atoms with Crippen LogP contribution in [0.2, 0.25) is 0 Å². The van der Waals surface area contributed by atoms with Crippen LogP contribution in [-0.2, 0) is 10.8 Å². The molecule has 270 valence electrons. The molecule has 0 saturated heterocycles. The maximum atomic E-state index is 2.59. The molecule has 0 aromatic heterocycles. The summed E-state index contributed by atoms with van der Waals surface area (Å²) in [6.07, 6.45) is 0. The van der Waals surface area contributed by atoms with Gasteiger partial charge in [-0.25, -0.2) is 0 Å². The number of hydrogen-bond donors (Lipinski definition) is 0. The molecule has 54 heavy (non-hydrogen) atoms. The lowest BCUT2D eigenvalue weighted by atomic mass is 9.72. The van der Waals surface area contributed by atoms with Crippen LogP contribution in [0, 0.1) is 13.8 Å². The minimum atomic E-state index is -0.146. The topological polar surface area (TPSA) is 6.48 Å². The van der Waals surface area contributed by atoms with E-state index in [1.54, 1.807) is 0 Å². The molecule has 0 saturated carbocycles. The second kappa shape index (κ2) is 11.6. The van der Waals surface area contributed by atoms with E-state index in [0.717, 1.165) is 0 Å². The fourth-order valence-electron chi connectivity index (χ4n) is 9.68. The van der Waals surface area contributed by atoms with Crippen LogP contribution in [0.1, 0.15) is 77.6 Å². The van der Waals surface area contributed by atoms with Crippen LogP contribution < -0.4 is 9.80 Å². The van der Waals surface area contributed by atoms with Gasteiger partial charge in [-0.2, -0.15) is 0 Å². The van der Waals surface area contributed by atoms with E-state index in [-0.39, 0.29) is 21.9 Å². The average Bonchev–Trinajstić information content (AvgIpc) is 3.41. The number of anilines is 4. The third kappa shape index (κ3) is 4.65. The Kier molecular flexibility index (Phi) is 7.38. The second-order valence-corrected chi connectivity index (χ2v) is 18.0. The van der Waals surface area contributed by atoms with E-state index in [4.69, 9.17) is 0 Å². The van der Waals surface area contributed by atoms with Crippen LogP contribution in [0.4, 0.5) is 22.7 Å². The summed E-state index contributed by atoms with van der Waals surface area (Å²) in [5.41, 5.74) is 15.1. The highest BCUT2D eigenvalue weighted by molar-refractivity contribution is 6.22. The number of nitrogens with zero attached hydrogens (tertiary/aromatic N) is 2. The van der Waals surface area contributed by atoms with Gasteiger partial charge in [0.25, 0.3) is 0 Å². The molecular weight excluding hydrogens is 653 g/mol. The Hall–Kier alpha value is -5.34. The van der Waals surface area contributed by atoms with Crippen molar-refractivity contribution in [2.24, 2.45) is 0 Å². The number of fused-ring (bicyclic) bond motifs is 4. The van der Waals surface area contributed by atoms with E-state index in [0.29, 0.717) is 0 Å². The summed E-state index contributed by atoms with van der Waals surface area (Å²) in [5.74, 6) is 0. The number of hydrogen-bond acceptors (Lipinski definition) is 2. The second-order valence-electron chi connectivity index (χ2n) is 18.0. The van der Waals surface area contributed by atoms with Crippen LogP contribution in [0.25, 0.3) is 43.8 Å². The molecule has 9 rings (SSSR count). The van der Waals surface area contributed by atoms with E-state index in [2.05, 4.69) is 212 Å². The zero-order chi connectivity index (χ0) is 37.9. The smallest absolute Gasteiger partial charge is 0.0487 e. The Balaban J connectivity index is 1.38. The van der Waals surface area contributed by atoms with Crippen molar-refractivity contribution in [1.29, 1.82) is 0 Å². The van der Waals surface area contributed by atoms with Crippen molar-refractivity contribution in [2.75, 3.05) is 9.80 Å². The molecule has 0 fully saturated rings. The number of rotatable bonds is 4. The maximum absolute atomic E-state index is 2.59. The first-order valence-electron chi connectivity index (χ1n) is 19.6. The zero-order valence-electron chi connectivity index (χ0n) is 33.6. The number of benzene rings is 7. The highest BCUT2D eigenvalue weighted by Gasteiger charge is 2.52. The fraction of sp³-hybridized carbons (Fsp3) is 0.269. The summed E-state index contributed by atoms with van der Waals surface area (Å²) in [4.78, 5) is 5.18. The third-order valence-electron chi connectivity index (χ3n) is 14.1. The molecule has 0 radical (unpaired) electrons. The van der Waals surface area contributed by atoms with Crippen molar-refractivity contribution >= 4 is 44.3 Å². The molecule has 2 heteroatoms. The van der Waals surface area contributed by atoms with Gasteiger partial charge < -0.3 is 9.80 Å². The Labute approximate surface area is 322 Å². The van der Waals surface area contributed by atoms with Gasteiger partial charge in [-0.05, 0) is 133 Å². The molecular formula is C52H52N2. The molecule has 0 N–H and O–H groups in total. The lowest BCUT2D eigenvalue weighted by Crippen LogP contribution is -2.48. The van der Waals surface area contributed by atoms with E-state index < -0.39 is 0 Å². The minimum Gasteiger partial charge on any atom is -0.335 e. The minimum absolute atomic E-state index is 0.0400. The average molecular weight is 705 g/mol. The molecule has 7 aromatic carbocycles. The van der Waals surface area contributed by atoms with Gasteiger partial charge in [-0.3, -0.25) is 0 Å².